The molecule has 0 saturated carbocycles. The van der Waals surface area contributed by atoms with Crippen LogP contribution in [0.15, 0.2) is 60.7 Å². The number of aliphatic hydroxyl groups is 1. The van der Waals surface area contributed by atoms with Gasteiger partial charge in [-0.15, -0.1) is 0 Å². The largest absolute Gasteiger partial charge is 0.506 e. The molecule has 170 valence electrons. The minimum atomic E-state index is -0.374. The van der Waals surface area contributed by atoms with Gasteiger partial charge in [0.25, 0.3) is 5.91 Å². The summed E-state index contributed by atoms with van der Waals surface area (Å²) in [5, 5.41) is 14.7. The molecule has 0 bridgehead atoms. The Labute approximate surface area is 204 Å². The van der Waals surface area contributed by atoms with Crippen LogP contribution in [-0.2, 0) is 4.79 Å². The second kappa shape index (κ2) is 9.90. The Balaban J connectivity index is 1.75. The van der Waals surface area contributed by atoms with Gasteiger partial charge in [-0.3, -0.25) is 4.79 Å². The van der Waals surface area contributed by atoms with Gasteiger partial charge in [-0.2, -0.15) is 0 Å². The number of benzene rings is 3. The van der Waals surface area contributed by atoms with Crippen molar-refractivity contribution in [1.29, 1.82) is 0 Å². The summed E-state index contributed by atoms with van der Waals surface area (Å²) in [5.41, 5.74) is 4.79. The molecule has 0 atom stereocenters. The molecule has 3 aromatic rings. The Bertz CT molecular complexity index is 1210. The minimum absolute atomic E-state index is 0.118. The molecular weight excluding hydrogens is 455 g/mol. The Hall–Kier alpha value is -2.95. The molecule has 0 spiro atoms. The van der Waals surface area contributed by atoms with E-state index in [1.807, 2.05) is 18.2 Å². The molecule has 1 heterocycles. The zero-order valence-corrected chi connectivity index (χ0v) is 20.2. The molecule has 1 amide bonds. The number of anilines is 2. The molecule has 0 fully saturated rings. The number of carbonyl (C=O) groups excluding carboxylic acids is 1. The van der Waals surface area contributed by atoms with Gasteiger partial charge in [0.2, 0.25) is 0 Å². The van der Waals surface area contributed by atoms with Crippen molar-refractivity contribution in [3.63, 3.8) is 0 Å². The first-order valence-electron chi connectivity index (χ1n) is 11.1. The molecule has 0 aromatic heterocycles. The highest BCUT2D eigenvalue weighted by Crippen LogP contribution is 2.42. The Morgan fingerprint density at radius 3 is 2.27 bits per heavy atom. The van der Waals surface area contributed by atoms with E-state index >= 15 is 0 Å². The number of carbonyl (C=O) groups is 1. The number of amides is 1. The maximum Gasteiger partial charge on any atom is 0.260 e. The predicted octanol–water partition coefficient (Wildman–Crippen LogP) is 7.67. The number of aliphatic hydroxyl groups excluding tert-OH is 1. The van der Waals surface area contributed by atoms with Crippen LogP contribution < -0.4 is 10.2 Å². The quantitative estimate of drug-likeness (QED) is 0.269. The smallest absolute Gasteiger partial charge is 0.260 e. The van der Waals surface area contributed by atoms with Gasteiger partial charge in [0, 0.05) is 40.5 Å². The molecule has 1 aliphatic heterocycles. The van der Waals surface area contributed by atoms with E-state index in [2.05, 4.69) is 36.2 Å². The van der Waals surface area contributed by atoms with Crippen LogP contribution in [0.2, 0.25) is 10.0 Å². The molecule has 0 aliphatic carbocycles. The molecule has 33 heavy (non-hydrogen) atoms. The van der Waals surface area contributed by atoms with Gasteiger partial charge in [0.05, 0.1) is 16.3 Å². The van der Waals surface area contributed by atoms with Crippen molar-refractivity contribution >= 4 is 51.8 Å². The van der Waals surface area contributed by atoms with E-state index in [9.17, 15) is 9.90 Å². The fourth-order valence-electron chi connectivity index (χ4n) is 4.19. The number of nitrogens with one attached hydrogen (secondary N) is 1. The maximum atomic E-state index is 12.7. The summed E-state index contributed by atoms with van der Waals surface area (Å²) in [4.78, 5) is 15.1. The Morgan fingerprint density at radius 1 is 0.939 bits per heavy atom. The van der Waals surface area contributed by atoms with Crippen molar-refractivity contribution in [3.05, 3.63) is 81.8 Å². The second-order valence-electron chi connectivity index (χ2n) is 8.10. The normalized spacial score (nSPS) is 14.1. The molecule has 2 N–H and O–H groups in total. The average Bonchev–Trinajstić information content (AvgIpc) is 3.12. The van der Waals surface area contributed by atoms with E-state index in [4.69, 9.17) is 23.2 Å². The standard InChI is InChI=1S/C27H26Cl2N2O2/c1-3-12-31(13-4-2)20-10-8-17(9-11-20)21-15-22-24(16-23(21)29)30-27(33)25(22)26(32)18-6-5-7-19(28)14-18/h5-11,14-16,32H,3-4,12-13H2,1-2H3,(H,30,33). The van der Waals surface area contributed by atoms with Crippen molar-refractivity contribution in [2.45, 2.75) is 26.7 Å². The lowest BCUT2D eigenvalue weighted by Gasteiger charge is -2.24. The first kappa shape index (κ1) is 23.2. The minimum Gasteiger partial charge on any atom is -0.506 e. The third-order valence-corrected chi connectivity index (χ3v) is 6.26. The molecule has 3 aromatic carbocycles. The van der Waals surface area contributed by atoms with Crippen molar-refractivity contribution in [2.24, 2.45) is 0 Å². The van der Waals surface area contributed by atoms with Crippen LogP contribution in [0.25, 0.3) is 22.5 Å². The highest BCUT2D eigenvalue weighted by molar-refractivity contribution is 6.39. The SMILES string of the molecule is CCCN(CCC)c1ccc(-c2cc3c(cc2Cl)NC(=O)C3=C(O)c2cccc(Cl)c2)cc1. The summed E-state index contributed by atoms with van der Waals surface area (Å²) in [6.45, 7) is 6.39. The van der Waals surface area contributed by atoms with Crippen LogP contribution in [0.5, 0.6) is 0 Å². The first-order chi connectivity index (χ1) is 15.9. The zero-order valence-electron chi connectivity index (χ0n) is 18.7. The van der Waals surface area contributed by atoms with Crippen molar-refractivity contribution in [1.82, 2.24) is 0 Å². The van der Waals surface area contributed by atoms with E-state index in [0.717, 1.165) is 37.1 Å². The van der Waals surface area contributed by atoms with Crippen molar-refractivity contribution in [2.75, 3.05) is 23.3 Å². The lowest BCUT2D eigenvalue weighted by atomic mass is 9.97. The zero-order chi connectivity index (χ0) is 23.5. The van der Waals surface area contributed by atoms with Gasteiger partial charge in [0.1, 0.15) is 5.76 Å². The number of hydrogen-bond acceptors (Lipinski definition) is 3. The average molecular weight is 481 g/mol. The van der Waals surface area contributed by atoms with Crippen LogP contribution >= 0.6 is 23.2 Å². The van der Waals surface area contributed by atoms with E-state index < -0.39 is 0 Å². The summed E-state index contributed by atoms with van der Waals surface area (Å²) in [6, 6.07) is 18.7. The van der Waals surface area contributed by atoms with Crippen LogP contribution in [0, 0.1) is 0 Å². The van der Waals surface area contributed by atoms with Gasteiger partial charge in [0.15, 0.2) is 0 Å². The summed E-state index contributed by atoms with van der Waals surface area (Å²) in [6.07, 6.45) is 2.18. The number of nitrogens with zero attached hydrogens (tertiary/aromatic N) is 1. The van der Waals surface area contributed by atoms with E-state index in [-0.39, 0.29) is 17.2 Å². The van der Waals surface area contributed by atoms with Crippen molar-refractivity contribution in [3.8, 4) is 11.1 Å². The lowest BCUT2D eigenvalue weighted by molar-refractivity contribution is -0.110. The van der Waals surface area contributed by atoms with E-state index in [1.54, 1.807) is 30.3 Å². The number of halogens is 2. The number of fused-ring (bicyclic) bond motifs is 1. The highest BCUT2D eigenvalue weighted by atomic mass is 35.5. The molecule has 4 rings (SSSR count). The predicted molar refractivity (Wildman–Crippen MR) is 139 cm³/mol. The summed E-state index contributed by atoms with van der Waals surface area (Å²) >= 11 is 12.7. The molecule has 0 radical (unpaired) electrons. The van der Waals surface area contributed by atoms with Gasteiger partial charge in [-0.05, 0) is 54.8 Å². The molecule has 1 aliphatic rings. The maximum absolute atomic E-state index is 12.7. The first-order valence-corrected chi connectivity index (χ1v) is 11.9. The van der Waals surface area contributed by atoms with Crippen molar-refractivity contribution < 1.29 is 9.90 Å². The Morgan fingerprint density at radius 2 is 1.64 bits per heavy atom. The topological polar surface area (TPSA) is 52.6 Å². The Kier molecular flexibility index (Phi) is 6.96. The molecule has 0 saturated heterocycles. The summed E-state index contributed by atoms with van der Waals surface area (Å²) < 4.78 is 0. The third kappa shape index (κ3) is 4.73. The van der Waals surface area contributed by atoms with E-state index in [1.165, 1.54) is 5.69 Å². The fourth-order valence-corrected chi connectivity index (χ4v) is 4.65. The summed E-state index contributed by atoms with van der Waals surface area (Å²) in [7, 11) is 0. The molecule has 4 nitrogen and oxygen atoms in total. The highest BCUT2D eigenvalue weighted by Gasteiger charge is 2.30. The second-order valence-corrected chi connectivity index (χ2v) is 8.94. The lowest BCUT2D eigenvalue weighted by Crippen LogP contribution is -2.24. The van der Waals surface area contributed by atoms with Gasteiger partial charge in [-0.1, -0.05) is 61.3 Å². The van der Waals surface area contributed by atoms with Crippen LogP contribution in [0.4, 0.5) is 11.4 Å². The van der Waals surface area contributed by atoms with Crippen LogP contribution in [0.1, 0.15) is 37.8 Å². The van der Waals surface area contributed by atoms with Gasteiger partial charge in [-0.25, -0.2) is 0 Å². The van der Waals surface area contributed by atoms with Crippen LogP contribution in [0.3, 0.4) is 0 Å². The summed E-state index contributed by atoms with van der Waals surface area (Å²) in [5.74, 6) is -0.493. The molecule has 0 unspecified atom stereocenters. The monoisotopic (exact) mass is 480 g/mol. The number of rotatable bonds is 7. The third-order valence-electron chi connectivity index (χ3n) is 5.72. The van der Waals surface area contributed by atoms with Gasteiger partial charge >= 0.3 is 0 Å². The van der Waals surface area contributed by atoms with Crippen LogP contribution in [-0.4, -0.2) is 24.1 Å². The molecule has 6 heteroatoms. The van der Waals surface area contributed by atoms with Gasteiger partial charge < -0.3 is 15.3 Å². The fraction of sp³-hybridized carbons (Fsp3) is 0.222. The number of hydrogen-bond donors (Lipinski definition) is 2. The van der Waals surface area contributed by atoms with E-state index in [0.29, 0.717) is 26.9 Å². The molecular formula is C27H26Cl2N2O2.